The van der Waals surface area contributed by atoms with Gasteiger partial charge in [-0.3, -0.25) is 14.5 Å². The van der Waals surface area contributed by atoms with Crippen LogP contribution in [0.4, 0.5) is 5.69 Å². The first-order valence-electron chi connectivity index (χ1n) is 7.85. The number of carbonyl (C=O) groups excluding carboxylic acids is 2. The van der Waals surface area contributed by atoms with Crippen LogP contribution in [0.25, 0.3) is 10.8 Å². The van der Waals surface area contributed by atoms with E-state index >= 15 is 0 Å². The first-order valence-corrected chi connectivity index (χ1v) is 7.85. The molecule has 1 aliphatic heterocycles. The lowest BCUT2D eigenvalue weighted by atomic mass is 10.1. The summed E-state index contributed by atoms with van der Waals surface area (Å²) in [5, 5.41) is 11.0. The van der Waals surface area contributed by atoms with E-state index in [1.807, 2.05) is 37.3 Å². The zero-order valence-electron chi connectivity index (χ0n) is 13.3. The summed E-state index contributed by atoms with van der Waals surface area (Å²) in [6, 6.07) is 10.8. The minimum absolute atomic E-state index is 0.0872. The van der Waals surface area contributed by atoms with E-state index in [0.717, 1.165) is 16.5 Å². The van der Waals surface area contributed by atoms with Crippen molar-refractivity contribution in [3.05, 3.63) is 42.0 Å². The summed E-state index contributed by atoms with van der Waals surface area (Å²) in [4.78, 5) is 28.6. The lowest BCUT2D eigenvalue weighted by Gasteiger charge is -2.30. The Hall–Kier alpha value is -2.40. The predicted octanol–water partition coefficient (Wildman–Crippen LogP) is 2.03. The Morgan fingerprint density at radius 3 is 2.61 bits per heavy atom. The van der Waals surface area contributed by atoms with Gasteiger partial charge in [0.1, 0.15) is 6.04 Å². The normalized spacial score (nSPS) is 14.4. The summed E-state index contributed by atoms with van der Waals surface area (Å²) in [5.41, 5.74) is 1.42. The smallest absolute Gasteiger partial charge is 0.259 e. The highest BCUT2D eigenvalue weighted by Crippen LogP contribution is 2.38. The van der Waals surface area contributed by atoms with E-state index in [1.165, 1.54) is 0 Å². The van der Waals surface area contributed by atoms with Crippen LogP contribution in [0.15, 0.2) is 36.4 Å². The predicted molar refractivity (Wildman–Crippen MR) is 89.6 cm³/mol. The molecule has 0 spiro atoms. The summed E-state index contributed by atoms with van der Waals surface area (Å²) in [6.07, 6.45) is 0. The van der Waals surface area contributed by atoms with Gasteiger partial charge in [0.2, 0.25) is 5.91 Å². The fourth-order valence-corrected chi connectivity index (χ4v) is 3.24. The highest BCUT2D eigenvalue weighted by atomic mass is 16.3. The molecule has 1 atom stereocenters. The number of aliphatic hydroxyl groups is 1. The van der Waals surface area contributed by atoms with Crippen molar-refractivity contribution < 1.29 is 14.7 Å². The number of carbonyl (C=O) groups is 2. The van der Waals surface area contributed by atoms with Crippen molar-refractivity contribution in [2.24, 2.45) is 0 Å². The molecule has 2 aromatic carbocycles. The van der Waals surface area contributed by atoms with Crippen molar-refractivity contribution in [3.63, 3.8) is 0 Å². The third kappa shape index (κ3) is 2.37. The highest BCUT2D eigenvalue weighted by Gasteiger charge is 2.36. The second-order valence-electron chi connectivity index (χ2n) is 5.67. The number of hydrogen-bond acceptors (Lipinski definition) is 3. The molecule has 5 heteroatoms. The Labute approximate surface area is 135 Å². The molecular formula is C18H20N2O3. The van der Waals surface area contributed by atoms with Gasteiger partial charge in [0, 0.05) is 24.0 Å². The van der Waals surface area contributed by atoms with Crippen LogP contribution in [0, 0.1) is 0 Å². The van der Waals surface area contributed by atoms with Crippen LogP contribution in [0.1, 0.15) is 24.2 Å². The Morgan fingerprint density at radius 1 is 1.26 bits per heavy atom. The minimum atomic E-state index is -0.605. The van der Waals surface area contributed by atoms with Gasteiger partial charge in [-0.15, -0.1) is 0 Å². The number of benzene rings is 2. The largest absolute Gasteiger partial charge is 0.395 e. The third-order valence-electron chi connectivity index (χ3n) is 4.40. The molecule has 0 saturated carbocycles. The quantitative estimate of drug-likeness (QED) is 0.919. The fourth-order valence-electron chi connectivity index (χ4n) is 3.24. The van der Waals surface area contributed by atoms with Gasteiger partial charge in [0.05, 0.1) is 12.3 Å². The molecule has 0 unspecified atom stereocenters. The summed E-state index contributed by atoms with van der Waals surface area (Å²) in [5.74, 6) is -0.294. The number of aliphatic hydroxyl groups excluding tert-OH is 1. The maximum absolute atomic E-state index is 12.8. The molecule has 0 fully saturated rings. The van der Waals surface area contributed by atoms with Crippen LogP contribution >= 0.6 is 0 Å². The number of amides is 2. The Balaban J connectivity index is 2.01. The maximum atomic E-state index is 12.8. The lowest BCUT2D eigenvalue weighted by Crippen LogP contribution is -2.49. The average Bonchev–Trinajstić information content (AvgIpc) is 2.86. The first kappa shape index (κ1) is 15.5. The Bertz CT molecular complexity index is 767. The van der Waals surface area contributed by atoms with E-state index in [-0.39, 0.29) is 25.0 Å². The fraction of sp³-hybridized carbons (Fsp3) is 0.333. The molecule has 1 N–H and O–H groups in total. The molecule has 0 bridgehead atoms. The van der Waals surface area contributed by atoms with Crippen LogP contribution in [0.3, 0.4) is 0 Å². The lowest BCUT2D eigenvalue weighted by molar-refractivity contribution is -0.132. The van der Waals surface area contributed by atoms with E-state index in [9.17, 15) is 9.59 Å². The number of rotatable bonds is 5. The molecule has 0 aliphatic carbocycles. The zero-order valence-corrected chi connectivity index (χ0v) is 13.3. The summed E-state index contributed by atoms with van der Waals surface area (Å²) >= 11 is 0. The molecule has 1 heterocycles. The number of hydrogen-bond donors (Lipinski definition) is 1. The zero-order chi connectivity index (χ0) is 16.6. The maximum Gasteiger partial charge on any atom is 0.259 e. The van der Waals surface area contributed by atoms with Gasteiger partial charge < -0.3 is 10.0 Å². The third-order valence-corrected chi connectivity index (χ3v) is 4.40. The van der Waals surface area contributed by atoms with E-state index in [4.69, 9.17) is 5.11 Å². The van der Waals surface area contributed by atoms with Gasteiger partial charge in [-0.25, -0.2) is 0 Å². The second kappa shape index (κ2) is 6.01. The molecule has 2 amide bonds. The molecule has 0 radical (unpaired) electrons. The molecule has 5 nitrogen and oxygen atoms in total. The standard InChI is InChI=1S/C18H20N2O3/c1-3-19(10-11-21)17(22)12(2)20-15-9-5-7-13-6-4-8-14(16(13)15)18(20)23/h4-9,12,21H,3,10-11H2,1-2H3/t12-/m0/s1. The van der Waals surface area contributed by atoms with E-state index in [2.05, 4.69) is 0 Å². The van der Waals surface area contributed by atoms with E-state index in [0.29, 0.717) is 12.1 Å². The van der Waals surface area contributed by atoms with Gasteiger partial charge in [0.15, 0.2) is 0 Å². The van der Waals surface area contributed by atoms with Crippen LogP contribution in [-0.2, 0) is 4.79 Å². The van der Waals surface area contributed by atoms with Gasteiger partial charge in [-0.05, 0) is 31.4 Å². The van der Waals surface area contributed by atoms with Gasteiger partial charge in [-0.2, -0.15) is 0 Å². The SMILES string of the molecule is CCN(CCO)C(=O)[C@H](C)N1C(=O)c2cccc3cccc1c23. The van der Waals surface area contributed by atoms with Crippen molar-refractivity contribution >= 4 is 28.3 Å². The average molecular weight is 312 g/mol. The number of nitrogens with zero attached hydrogens (tertiary/aromatic N) is 2. The monoisotopic (exact) mass is 312 g/mol. The molecule has 0 aromatic heterocycles. The van der Waals surface area contributed by atoms with E-state index < -0.39 is 6.04 Å². The molecule has 2 aromatic rings. The van der Waals surface area contributed by atoms with Crippen LogP contribution < -0.4 is 4.90 Å². The summed E-state index contributed by atoms with van der Waals surface area (Å²) in [7, 11) is 0. The Morgan fingerprint density at radius 2 is 1.96 bits per heavy atom. The van der Waals surface area contributed by atoms with Crippen LogP contribution in [0.5, 0.6) is 0 Å². The number of anilines is 1. The summed E-state index contributed by atoms with van der Waals surface area (Å²) in [6.45, 7) is 4.30. The molecule has 1 aliphatic rings. The van der Waals surface area contributed by atoms with Gasteiger partial charge >= 0.3 is 0 Å². The molecule has 120 valence electrons. The van der Waals surface area contributed by atoms with Gasteiger partial charge in [-0.1, -0.05) is 24.3 Å². The topological polar surface area (TPSA) is 60.9 Å². The van der Waals surface area contributed by atoms with Crippen molar-refractivity contribution in [2.45, 2.75) is 19.9 Å². The van der Waals surface area contributed by atoms with Crippen molar-refractivity contribution in [2.75, 3.05) is 24.6 Å². The Kier molecular flexibility index (Phi) is 4.05. The first-order chi connectivity index (χ1) is 11.1. The second-order valence-corrected chi connectivity index (χ2v) is 5.67. The molecular weight excluding hydrogens is 292 g/mol. The highest BCUT2D eigenvalue weighted by molar-refractivity contribution is 6.26. The van der Waals surface area contributed by atoms with Crippen molar-refractivity contribution in [1.82, 2.24) is 4.90 Å². The van der Waals surface area contributed by atoms with E-state index in [1.54, 1.807) is 22.8 Å². The van der Waals surface area contributed by atoms with Gasteiger partial charge in [0.25, 0.3) is 5.91 Å². The van der Waals surface area contributed by atoms with Crippen molar-refractivity contribution in [1.29, 1.82) is 0 Å². The summed E-state index contributed by atoms with van der Waals surface area (Å²) < 4.78 is 0. The van der Waals surface area contributed by atoms with Crippen molar-refractivity contribution in [3.8, 4) is 0 Å². The molecule has 23 heavy (non-hydrogen) atoms. The van der Waals surface area contributed by atoms with Crippen LogP contribution in [0.2, 0.25) is 0 Å². The molecule has 3 rings (SSSR count). The molecule has 0 saturated heterocycles. The minimum Gasteiger partial charge on any atom is -0.395 e. The number of likely N-dealkylation sites (N-methyl/N-ethyl adjacent to an activating group) is 1. The van der Waals surface area contributed by atoms with Crippen LogP contribution in [-0.4, -0.2) is 47.6 Å².